The van der Waals surface area contributed by atoms with Gasteiger partial charge in [0, 0.05) is 39.1 Å². The summed E-state index contributed by atoms with van der Waals surface area (Å²) >= 11 is 0. The molecule has 0 spiro atoms. The van der Waals surface area contributed by atoms with Crippen molar-refractivity contribution in [1.82, 2.24) is 15.3 Å². The molecule has 232 valence electrons. The highest BCUT2D eigenvalue weighted by atomic mass is 14.9. The third-order valence-electron chi connectivity index (χ3n) is 8.74. The Labute approximate surface area is 286 Å². The summed E-state index contributed by atoms with van der Waals surface area (Å²) in [6, 6.07) is 59.3. The van der Waals surface area contributed by atoms with E-state index in [2.05, 4.69) is 84.2 Å². The molecule has 0 aliphatic carbocycles. The Hall–Kier alpha value is -6.65. The number of rotatable bonds is 7. The van der Waals surface area contributed by atoms with Crippen LogP contribution in [0.5, 0.6) is 0 Å². The summed E-state index contributed by atoms with van der Waals surface area (Å²) in [5.41, 5.74) is 12.6. The normalized spacial score (nSPS) is 13.1. The minimum atomic E-state index is 0.439. The summed E-state index contributed by atoms with van der Waals surface area (Å²) in [5, 5.41) is 13.4. The predicted octanol–water partition coefficient (Wildman–Crippen LogP) is 10.5. The SMILES string of the molecule is N=C(/C(=C1\NC(c2ccccc2)=Cc2c1cccc2-c1nc(-c2ccccc2)cc(-c2ccccc2)n1)c1ccccc1)c1ccccc1. The predicted molar refractivity (Wildman–Crippen MR) is 202 cm³/mol. The molecule has 0 unspecified atom stereocenters. The van der Waals surface area contributed by atoms with E-state index in [1.54, 1.807) is 0 Å². The fourth-order valence-electron chi connectivity index (χ4n) is 6.34. The van der Waals surface area contributed by atoms with Crippen LogP contribution in [0.2, 0.25) is 0 Å². The second-order valence-corrected chi connectivity index (χ2v) is 11.9. The zero-order valence-electron chi connectivity index (χ0n) is 26.7. The van der Waals surface area contributed by atoms with Crippen LogP contribution in [-0.4, -0.2) is 15.7 Å². The molecule has 0 fully saturated rings. The van der Waals surface area contributed by atoms with Crippen molar-refractivity contribution in [1.29, 1.82) is 5.41 Å². The molecule has 2 heterocycles. The molecule has 2 N–H and O–H groups in total. The van der Waals surface area contributed by atoms with Crippen LogP contribution in [0.25, 0.3) is 56.9 Å². The highest BCUT2D eigenvalue weighted by molar-refractivity contribution is 6.36. The topological polar surface area (TPSA) is 61.7 Å². The molecule has 0 saturated carbocycles. The Morgan fingerprint density at radius 2 is 0.939 bits per heavy atom. The third kappa shape index (κ3) is 5.99. The summed E-state index contributed by atoms with van der Waals surface area (Å²) in [5.74, 6) is 0.640. The monoisotopic (exact) mass is 628 g/mol. The molecule has 1 aliphatic heterocycles. The summed E-state index contributed by atoms with van der Waals surface area (Å²) in [6.07, 6.45) is 2.19. The van der Waals surface area contributed by atoms with E-state index in [-0.39, 0.29) is 0 Å². The van der Waals surface area contributed by atoms with E-state index in [1.807, 2.05) is 103 Å². The smallest absolute Gasteiger partial charge is 0.161 e. The first kappa shape index (κ1) is 29.7. The van der Waals surface area contributed by atoms with E-state index in [4.69, 9.17) is 9.97 Å². The van der Waals surface area contributed by atoms with E-state index in [1.165, 1.54) is 0 Å². The number of hydrogen-bond acceptors (Lipinski definition) is 4. The van der Waals surface area contributed by atoms with Crippen molar-refractivity contribution in [3.05, 3.63) is 204 Å². The maximum absolute atomic E-state index is 9.59. The van der Waals surface area contributed by atoms with Gasteiger partial charge in [-0.3, -0.25) is 5.41 Å². The molecular weight excluding hydrogens is 597 g/mol. The van der Waals surface area contributed by atoms with E-state index >= 15 is 0 Å². The van der Waals surface area contributed by atoms with Gasteiger partial charge in [-0.1, -0.05) is 170 Å². The van der Waals surface area contributed by atoms with Gasteiger partial charge < -0.3 is 5.32 Å². The Balaban J connectivity index is 1.41. The Morgan fingerprint density at radius 1 is 0.469 bits per heavy atom. The Kier molecular flexibility index (Phi) is 8.02. The molecule has 0 radical (unpaired) electrons. The zero-order chi connectivity index (χ0) is 33.0. The Morgan fingerprint density at radius 3 is 1.49 bits per heavy atom. The number of nitrogens with zero attached hydrogens (tertiary/aromatic N) is 2. The molecule has 1 aliphatic rings. The van der Waals surface area contributed by atoms with Crippen LogP contribution < -0.4 is 5.32 Å². The van der Waals surface area contributed by atoms with E-state index in [9.17, 15) is 5.41 Å². The molecule has 0 bridgehead atoms. The minimum Gasteiger partial charge on any atom is -0.354 e. The van der Waals surface area contributed by atoms with Gasteiger partial charge in [-0.25, -0.2) is 9.97 Å². The lowest BCUT2D eigenvalue weighted by Crippen LogP contribution is -2.21. The van der Waals surface area contributed by atoms with Gasteiger partial charge >= 0.3 is 0 Å². The van der Waals surface area contributed by atoms with Crippen LogP contribution in [0.1, 0.15) is 27.8 Å². The lowest BCUT2D eigenvalue weighted by atomic mass is 9.86. The Bertz CT molecular complexity index is 2270. The second-order valence-electron chi connectivity index (χ2n) is 11.9. The summed E-state index contributed by atoms with van der Waals surface area (Å²) in [6.45, 7) is 0. The van der Waals surface area contributed by atoms with Gasteiger partial charge in [0.15, 0.2) is 5.82 Å². The van der Waals surface area contributed by atoms with Gasteiger partial charge in [0.25, 0.3) is 0 Å². The van der Waals surface area contributed by atoms with Gasteiger partial charge in [-0.05, 0) is 28.8 Å². The second kappa shape index (κ2) is 13.2. The highest BCUT2D eigenvalue weighted by Gasteiger charge is 2.26. The fourth-order valence-corrected chi connectivity index (χ4v) is 6.34. The first-order valence-electron chi connectivity index (χ1n) is 16.3. The highest BCUT2D eigenvalue weighted by Crippen LogP contribution is 2.40. The maximum Gasteiger partial charge on any atom is 0.161 e. The van der Waals surface area contributed by atoms with E-state index in [0.29, 0.717) is 11.5 Å². The van der Waals surface area contributed by atoms with Crippen molar-refractivity contribution < 1.29 is 0 Å². The maximum atomic E-state index is 9.59. The van der Waals surface area contributed by atoms with Crippen molar-refractivity contribution in [2.45, 2.75) is 0 Å². The molecule has 1 aromatic heterocycles. The van der Waals surface area contributed by atoms with Crippen LogP contribution >= 0.6 is 0 Å². The lowest BCUT2D eigenvalue weighted by Gasteiger charge is -2.27. The largest absolute Gasteiger partial charge is 0.354 e. The zero-order valence-corrected chi connectivity index (χ0v) is 26.7. The fraction of sp³-hybridized carbons (Fsp3) is 0. The van der Waals surface area contributed by atoms with Gasteiger partial charge in [0.2, 0.25) is 0 Å². The van der Waals surface area contributed by atoms with Crippen LogP contribution in [0, 0.1) is 5.41 Å². The molecule has 0 saturated heterocycles. The number of benzene rings is 6. The van der Waals surface area contributed by atoms with Crippen molar-refractivity contribution in [2.75, 3.05) is 0 Å². The minimum absolute atomic E-state index is 0.439. The van der Waals surface area contributed by atoms with E-state index in [0.717, 1.165) is 72.9 Å². The quantitative estimate of drug-likeness (QED) is 0.173. The molecule has 49 heavy (non-hydrogen) atoms. The van der Waals surface area contributed by atoms with Crippen molar-refractivity contribution in [3.63, 3.8) is 0 Å². The molecular formula is C45H32N4. The van der Waals surface area contributed by atoms with Crippen molar-refractivity contribution in [2.24, 2.45) is 0 Å². The number of nitrogens with one attached hydrogen (secondary N) is 2. The summed E-state index contributed by atoms with van der Waals surface area (Å²) < 4.78 is 0. The van der Waals surface area contributed by atoms with Gasteiger partial charge in [-0.2, -0.15) is 0 Å². The standard InChI is InChI=1S/C45H32N4/c46-43(35-25-14-5-15-26-35)42(34-23-12-4-13-24-34)44-36-27-16-28-37(38(36)29-39(47-44)31-17-6-1-7-18-31)45-48-40(32-19-8-2-9-20-32)30-41(49-45)33-21-10-3-11-22-33/h1-30,46-47H/b44-42-,46-43?. The first-order chi connectivity index (χ1) is 24.2. The number of allylic oxidation sites excluding steroid dienone is 1. The summed E-state index contributed by atoms with van der Waals surface area (Å²) in [4.78, 5) is 10.4. The van der Waals surface area contributed by atoms with Crippen LogP contribution in [0.3, 0.4) is 0 Å². The number of aromatic nitrogens is 2. The van der Waals surface area contributed by atoms with Crippen LogP contribution in [0.15, 0.2) is 176 Å². The molecule has 4 heteroatoms. The van der Waals surface area contributed by atoms with Crippen molar-refractivity contribution in [3.8, 4) is 33.9 Å². The average molecular weight is 629 g/mol. The first-order valence-corrected chi connectivity index (χ1v) is 16.3. The van der Waals surface area contributed by atoms with Gasteiger partial charge in [0.05, 0.1) is 22.8 Å². The summed E-state index contributed by atoms with van der Waals surface area (Å²) in [7, 11) is 0. The van der Waals surface area contributed by atoms with Crippen LogP contribution in [-0.2, 0) is 0 Å². The molecule has 8 rings (SSSR count). The number of hydrogen-bond donors (Lipinski definition) is 2. The molecule has 0 atom stereocenters. The van der Waals surface area contributed by atoms with E-state index < -0.39 is 0 Å². The molecule has 4 nitrogen and oxygen atoms in total. The third-order valence-corrected chi connectivity index (χ3v) is 8.74. The molecule has 7 aromatic rings. The number of fused-ring (bicyclic) bond motifs is 1. The van der Waals surface area contributed by atoms with Gasteiger partial charge in [-0.15, -0.1) is 0 Å². The molecule has 0 amide bonds. The lowest BCUT2D eigenvalue weighted by molar-refractivity contribution is 1.17. The molecule has 6 aromatic carbocycles. The van der Waals surface area contributed by atoms with Crippen molar-refractivity contribution >= 4 is 28.8 Å². The average Bonchev–Trinajstić information content (AvgIpc) is 3.19. The van der Waals surface area contributed by atoms with Gasteiger partial charge in [0.1, 0.15) is 0 Å². The van der Waals surface area contributed by atoms with Crippen LogP contribution in [0.4, 0.5) is 0 Å².